The van der Waals surface area contributed by atoms with Gasteiger partial charge in [0.25, 0.3) is 0 Å². The summed E-state index contributed by atoms with van der Waals surface area (Å²) >= 11 is 6.04. The first-order valence-electron chi connectivity index (χ1n) is 5.17. The number of anilines is 1. The van der Waals surface area contributed by atoms with Crippen molar-refractivity contribution in [3.63, 3.8) is 0 Å². The molecule has 2 N–H and O–H groups in total. The Kier molecular flexibility index (Phi) is 3.81. The van der Waals surface area contributed by atoms with Crippen LogP contribution in [0, 0.1) is 6.92 Å². The van der Waals surface area contributed by atoms with Gasteiger partial charge in [-0.25, -0.2) is 4.79 Å². The molecule has 16 heavy (non-hydrogen) atoms. The molecule has 0 amide bonds. The zero-order valence-corrected chi connectivity index (χ0v) is 10.4. The predicted octanol–water partition coefficient (Wildman–Crippen LogP) is 3.31. The Morgan fingerprint density at radius 2 is 2.19 bits per heavy atom. The van der Waals surface area contributed by atoms with Crippen molar-refractivity contribution in [1.29, 1.82) is 0 Å². The Morgan fingerprint density at radius 3 is 2.62 bits per heavy atom. The van der Waals surface area contributed by atoms with Crippen molar-refractivity contribution in [3.8, 4) is 0 Å². The van der Waals surface area contributed by atoms with Gasteiger partial charge in [0, 0.05) is 0 Å². The lowest BCUT2D eigenvalue weighted by atomic mass is 9.98. The fourth-order valence-corrected chi connectivity index (χ4v) is 1.59. The number of aryl methyl sites for hydroxylation is 1. The van der Waals surface area contributed by atoms with Crippen LogP contribution in [0.1, 0.15) is 25.8 Å². The molecule has 0 fully saturated rings. The number of halogens is 1. The molecule has 1 rings (SSSR count). The number of hydrogen-bond donors (Lipinski definition) is 2. The van der Waals surface area contributed by atoms with Crippen LogP contribution in [-0.2, 0) is 4.79 Å². The summed E-state index contributed by atoms with van der Waals surface area (Å²) in [6, 6.07) is 5.50. The van der Waals surface area contributed by atoms with Crippen LogP contribution in [0.25, 0.3) is 0 Å². The van der Waals surface area contributed by atoms with Crippen molar-refractivity contribution in [2.45, 2.75) is 32.7 Å². The molecule has 0 bridgehead atoms. The van der Waals surface area contributed by atoms with Crippen LogP contribution < -0.4 is 5.32 Å². The number of carboxylic acids is 1. The number of carboxylic acid groups (broad SMARTS) is 1. The van der Waals surface area contributed by atoms with Crippen molar-refractivity contribution >= 4 is 23.3 Å². The summed E-state index contributed by atoms with van der Waals surface area (Å²) in [4.78, 5) is 11.1. The minimum atomic E-state index is -0.987. The second-order valence-electron chi connectivity index (χ2n) is 4.10. The minimum absolute atomic E-state index is 0.479. The third-order valence-electron chi connectivity index (χ3n) is 2.71. The number of hydrogen-bond acceptors (Lipinski definition) is 2. The molecule has 1 aromatic rings. The monoisotopic (exact) mass is 241 g/mol. The van der Waals surface area contributed by atoms with Gasteiger partial charge in [-0.15, -0.1) is 0 Å². The van der Waals surface area contributed by atoms with E-state index in [1.807, 2.05) is 26.0 Å². The van der Waals surface area contributed by atoms with Gasteiger partial charge in [0.05, 0.1) is 10.7 Å². The summed E-state index contributed by atoms with van der Waals surface area (Å²) in [7, 11) is 0. The van der Waals surface area contributed by atoms with Gasteiger partial charge in [0.2, 0.25) is 0 Å². The first-order chi connectivity index (χ1) is 7.39. The predicted molar refractivity (Wildman–Crippen MR) is 66.1 cm³/mol. The largest absolute Gasteiger partial charge is 0.480 e. The average molecular weight is 242 g/mol. The molecule has 88 valence electrons. The molecule has 0 radical (unpaired) electrons. The molecular weight excluding hydrogens is 226 g/mol. The van der Waals surface area contributed by atoms with E-state index >= 15 is 0 Å². The highest BCUT2D eigenvalue weighted by Gasteiger charge is 2.31. The van der Waals surface area contributed by atoms with E-state index in [2.05, 4.69) is 5.32 Å². The Morgan fingerprint density at radius 1 is 1.56 bits per heavy atom. The number of rotatable bonds is 4. The van der Waals surface area contributed by atoms with E-state index in [9.17, 15) is 4.79 Å². The van der Waals surface area contributed by atoms with E-state index in [0.717, 1.165) is 5.56 Å². The molecule has 1 aromatic carbocycles. The quantitative estimate of drug-likeness (QED) is 0.850. The minimum Gasteiger partial charge on any atom is -0.480 e. The summed E-state index contributed by atoms with van der Waals surface area (Å²) in [5.74, 6) is -0.883. The van der Waals surface area contributed by atoms with Crippen LogP contribution in [-0.4, -0.2) is 16.6 Å². The highest BCUT2D eigenvalue weighted by molar-refractivity contribution is 6.33. The highest BCUT2D eigenvalue weighted by atomic mass is 35.5. The SMILES string of the molecule is CCC(C)(Nc1ccc(C)cc1Cl)C(=O)O. The van der Waals surface area contributed by atoms with Gasteiger partial charge in [-0.3, -0.25) is 0 Å². The van der Waals surface area contributed by atoms with Gasteiger partial charge >= 0.3 is 5.97 Å². The van der Waals surface area contributed by atoms with Gasteiger partial charge in [-0.2, -0.15) is 0 Å². The van der Waals surface area contributed by atoms with Crippen LogP contribution in [0.5, 0.6) is 0 Å². The molecule has 0 aliphatic heterocycles. The van der Waals surface area contributed by atoms with Gasteiger partial charge in [-0.05, 0) is 38.0 Å². The topological polar surface area (TPSA) is 49.3 Å². The molecule has 1 unspecified atom stereocenters. The van der Waals surface area contributed by atoms with E-state index in [1.165, 1.54) is 0 Å². The summed E-state index contributed by atoms with van der Waals surface area (Å²) in [6.07, 6.45) is 0.479. The maximum atomic E-state index is 11.1. The Balaban J connectivity index is 2.99. The normalized spacial score (nSPS) is 14.2. The van der Waals surface area contributed by atoms with Crippen molar-refractivity contribution in [2.24, 2.45) is 0 Å². The Hall–Kier alpha value is -1.22. The number of aliphatic carboxylic acids is 1. The Labute approximate surface area is 100 Å². The lowest BCUT2D eigenvalue weighted by Gasteiger charge is -2.26. The molecule has 3 nitrogen and oxygen atoms in total. The standard InChI is InChI=1S/C12H16ClNO2/c1-4-12(3,11(15)16)14-10-6-5-8(2)7-9(10)13/h5-7,14H,4H2,1-3H3,(H,15,16). The van der Waals surface area contributed by atoms with E-state index in [1.54, 1.807) is 13.0 Å². The van der Waals surface area contributed by atoms with Crippen molar-refractivity contribution < 1.29 is 9.90 Å². The smallest absolute Gasteiger partial charge is 0.329 e. The van der Waals surface area contributed by atoms with Crippen LogP contribution in [0.3, 0.4) is 0 Å². The van der Waals surface area contributed by atoms with E-state index < -0.39 is 11.5 Å². The zero-order chi connectivity index (χ0) is 12.3. The summed E-state index contributed by atoms with van der Waals surface area (Å²) in [6.45, 7) is 5.40. The van der Waals surface area contributed by atoms with Gasteiger partial charge in [-0.1, -0.05) is 24.6 Å². The van der Waals surface area contributed by atoms with Crippen molar-refractivity contribution in [3.05, 3.63) is 28.8 Å². The van der Waals surface area contributed by atoms with Crippen LogP contribution >= 0.6 is 11.6 Å². The van der Waals surface area contributed by atoms with Crippen LogP contribution in [0.2, 0.25) is 5.02 Å². The first-order valence-corrected chi connectivity index (χ1v) is 5.54. The van der Waals surface area contributed by atoms with Gasteiger partial charge < -0.3 is 10.4 Å². The molecule has 0 spiro atoms. The van der Waals surface area contributed by atoms with Gasteiger partial charge in [0.15, 0.2) is 0 Å². The van der Waals surface area contributed by atoms with Gasteiger partial charge in [0.1, 0.15) is 5.54 Å². The Bertz CT molecular complexity index is 406. The van der Waals surface area contributed by atoms with Crippen LogP contribution in [0.15, 0.2) is 18.2 Å². The third-order valence-corrected chi connectivity index (χ3v) is 3.03. The molecule has 0 aliphatic carbocycles. The average Bonchev–Trinajstić information content (AvgIpc) is 2.22. The van der Waals surface area contributed by atoms with Crippen molar-refractivity contribution in [2.75, 3.05) is 5.32 Å². The third kappa shape index (κ3) is 2.67. The maximum absolute atomic E-state index is 11.1. The molecule has 1 atom stereocenters. The molecule has 0 aromatic heterocycles. The van der Waals surface area contributed by atoms with E-state index in [0.29, 0.717) is 17.1 Å². The second kappa shape index (κ2) is 4.74. The van der Waals surface area contributed by atoms with E-state index in [-0.39, 0.29) is 0 Å². The second-order valence-corrected chi connectivity index (χ2v) is 4.51. The number of nitrogens with one attached hydrogen (secondary N) is 1. The lowest BCUT2D eigenvalue weighted by molar-refractivity contribution is -0.141. The molecule has 4 heteroatoms. The molecule has 0 saturated carbocycles. The fraction of sp³-hybridized carbons (Fsp3) is 0.417. The molecule has 0 aliphatic rings. The molecule has 0 saturated heterocycles. The first kappa shape index (κ1) is 12.8. The lowest BCUT2D eigenvalue weighted by Crippen LogP contribution is -2.42. The fourth-order valence-electron chi connectivity index (χ4n) is 1.31. The van der Waals surface area contributed by atoms with Crippen molar-refractivity contribution in [1.82, 2.24) is 0 Å². The summed E-state index contributed by atoms with van der Waals surface area (Å²) < 4.78 is 0. The van der Waals surface area contributed by atoms with Crippen LogP contribution in [0.4, 0.5) is 5.69 Å². The maximum Gasteiger partial charge on any atom is 0.329 e. The summed E-state index contributed by atoms with van der Waals surface area (Å²) in [5, 5.41) is 12.6. The number of benzene rings is 1. The summed E-state index contributed by atoms with van der Waals surface area (Å²) in [5.41, 5.74) is 0.710. The highest BCUT2D eigenvalue weighted by Crippen LogP contribution is 2.27. The zero-order valence-electron chi connectivity index (χ0n) is 9.67. The number of carbonyl (C=O) groups is 1. The van der Waals surface area contributed by atoms with E-state index in [4.69, 9.17) is 16.7 Å². The molecule has 0 heterocycles. The molecular formula is C12H16ClNO2.